The Hall–Kier alpha value is -1.09. The van der Waals surface area contributed by atoms with E-state index in [0.717, 1.165) is 31.6 Å². The summed E-state index contributed by atoms with van der Waals surface area (Å²) in [5, 5.41) is 9.65. The summed E-state index contributed by atoms with van der Waals surface area (Å²) in [5.74, 6) is -0.307. The molecule has 2 rings (SSSR count). The third-order valence-corrected chi connectivity index (χ3v) is 3.14. The van der Waals surface area contributed by atoms with Gasteiger partial charge >= 0.3 is 0 Å². The third-order valence-electron chi connectivity index (χ3n) is 3.14. The van der Waals surface area contributed by atoms with Crippen LogP contribution in [0.4, 0.5) is 10.1 Å². The molecule has 16 heavy (non-hydrogen) atoms. The summed E-state index contributed by atoms with van der Waals surface area (Å²) < 4.78 is 13.7. The van der Waals surface area contributed by atoms with Crippen molar-refractivity contribution in [1.29, 1.82) is 0 Å². The first kappa shape index (κ1) is 11.4. The lowest BCUT2D eigenvalue weighted by molar-refractivity contribution is 0.194. The standard InChI is InChI=1S/C13H18FNO/c1-10(16)13-11(14)6-5-7-12(13)15-8-3-2-4-9-15/h5-7,10,16H,2-4,8-9H2,1H3/t10-/m1/s1. The molecule has 1 aromatic rings. The van der Waals surface area contributed by atoms with Crippen molar-refractivity contribution < 1.29 is 9.50 Å². The van der Waals surface area contributed by atoms with Gasteiger partial charge in [0.25, 0.3) is 0 Å². The van der Waals surface area contributed by atoms with Gasteiger partial charge in [0.1, 0.15) is 5.82 Å². The summed E-state index contributed by atoms with van der Waals surface area (Å²) in [6.45, 7) is 3.54. The number of hydrogen-bond donors (Lipinski definition) is 1. The topological polar surface area (TPSA) is 23.5 Å². The fourth-order valence-corrected chi connectivity index (χ4v) is 2.35. The maximum atomic E-state index is 13.7. The molecule has 88 valence electrons. The van der Waals surface area contributed by atoms with Gasteiger partial charge in [-0.3, -0.25) is 0 Å². The van der Waals surface area contributed by atoms with Gasteiger partial charge in [0.05, 0.1) is 6.10 Å². The molecule has 0 bridgehead atoms. The smallest absolute Gasteiger partial charge is 0.131 e. The van der Waals surface area contributed by atoms with E-state index in [0.29, 0.717) is 5.56 Å². The molecular weight excluding hydrogens is 205 g/mol. The summed E-state index contributed by atoms with van der Waals surface area (Å²) in [7, 11) is 0. The van der Waals surface area contributed by atoms with E-state index in [1.807, 2.05) is 6.07 Å². The van der Waals surface area contributed by atoms with Gasteiger partial charge in [0.2, 0.25) is 0 Å². The van der Waals surface area contributed by atoms with E-state index in [9.17, 15) is 9.50 Å². The predicted molar refractivity (Wildman–Crippen MR) is 63.1 cm³/mol. The van der Waals surface area contributed by atoms with E-state index in [2.05, 4.69) is 4.90 Å². The molecule has 0 radical (unpaired) electrons. The highest BCUT2D eigenvalue weighted by Gasteiger charge is 2.19. The van der Waals surface area contributed by atoms with E-state index in [1.54, 1.807) is 13.0 Å². The second-order valence-corrected chi connectivity index (χ2v) is 4.40. The summed E-state index contributed by atoms with van der Waals surface area (Å²) in [4.78, 5) is 2.18. The lowest BCUT2D eigenvalue weighted by Crippen LogP contribution is -2.30. The van der Waals surface area contributed by atoms with Crippen molar-refractivity contribution in [3.8, 4) is 0 Å². The lowest BCUT2D eigenvalue weighted by Gasteiger charge is -2.31. The van der Waals surface area contributed by atoms with Gasteiger partial charge in [-0.05, 0) is 38.3 Å². The van der Waals surface area contributed by atoms with Gasteiger partial charge in [-0.25, -0.2) is 4.39 Å². The van der Waals surface area contributed by atoms with Gasteiger partial charge < -0.3 is 10.0 Å². The Morgan fingerprint density at radius 2 is 1.94 bits per heavy atom. The number of aliphatic hydroxyl groups excluding tert-OH is 1. The minimum absolute atomic E-state index is 0.307. The first-order chi connectivity index (χ1) is 7.70. The predicted octanol–water partition coefficient (Wildman–Crippen LogP) is 2.87. The summed E-state index contributed by atoms with van der Waals surface area (Å²) >= 11 is 0. The Labute approximate surface area is 95.7 Å². The minimum Gasteiger partial charge on any atom is -0.389 e. The van der Waals surface area contributed by atoms with Crippen LogP contribution in [0.5, 0.6) is 0 Å². The van der Waals surface area contributed by atoms with Gasteiger partial charge in [-0.2, -0.15) is 0 Å². The summed E-state index contributed by atoms with van der Waals surface area (Å²) in [5.41, 5.74) is 1.29. The van der Waals surface area contributed by atoms with Crippen LogP contribution in [0, 0.1) is 5.82 Å². The SMILES string of the molecule is C[C@@H](O)c1c(F)cccc1N1CCCCC1. The van der Waals surface area contributed by atoms with Crippen LogP contribution in [0.15, 0.2) is 18.2 Å². The van der Waals surface area contributed by atoms with Gasteiger partial charge in [0, 0.05) is 24.3 Å². The van der Waals surface area contributed by atoms with E-state index in [1.165, 1.54) is 12.5 Å². The number of hydrogen-bond acceptors (Lipinski definition) is 2. The van der Waals surface area contributed by atoms with Crippen molar-refractivity contribution in [2.75, 3.05) is 18.0 Å². The quantitative estimate of drug-likeness (QED) is 0.833. The zero-order chi connectivity index (χ0) is 11.5. The van der Waals surface area contributed by atoms with E-state index < -0.39 is 6.10 Å². The van der Waals surface area contributed by atoms with Crippen molar-refractivity contribution in [3.63, 3.8) is 0 Å². The highest BCUT2D eigenvalue weighted by Crippen LogP contribution is 2.30. The van der Waals surface area contributed by atoms with Gasteiger partial charge in [0.15, 0.2) is 0 Å². The lowest BCUT2D eigenvalue weighted by atomic mass is 10.0. The molecule has 1 N–H and O–H groups in total. The summed E-state index contributed by atoms with van der Waals surface area (Å²) in [6.07, 6.45) is 2.79. The van der Waals surface area contributed by atoms with Crippen LogP contribution in [-0.2, 0) is 0 Å². The number of aliphatic hydroxyl groups is 1. The highest BCUT2D eigenvalue weighted by atomic mass is 19.1. The average Bonchev–Trinajstić information content (AvgIpc) is 2.29. The Morgan fingerprint density at radius 3 is 2.56 bits per heavy atom. The molecule has 0 unspecified atom stereocenters. The van der Waals surface area contributed by atoms with Crippen LogP contribution in [0.1, 0.15) is 37.9 Å². The number of benzene rings is 1. The monoisotopic (exact) mass is 223 g/mol. The molecule has 0 spiro atoms. The van der Waals surface area contributed by atoms with Crippen molar-refractivity contribution in [2.45, 2.75) is 32.3 Å². The fourth-order valence-electron chi connectivity index (χ4n) is 2.35. The molecule has 0 amide bonds. The molecule has 1 atom stereocenters. The summed E-state index contributed by atoms with van der Waals surface area (Å²) in [6, 6.07) is 5.02. The van der Waals surface area contributed by atoms with Crippen LogP contribution in [0.3, 0.4) is 0 Å². The number of nitrogens with zero attached hydrogens (tertiary/aromatic N) is 1. The van der Waals surface area contributed by atoms with Crippen molar-refractivity contribution in [2.24, 2.45) is 0 Å². The van der Waals surface area contributed by atoms with Crippen molar-refractivity contribution in [3.05, 3.63) is 29.6 Å². The molecule has 1 fully saturated rings. The second-order valence-electron chi connectivity index (χ2n) is 4.40. The van der Waals surface area contributed by atoms with Crippen LogP contribution in [0.2, 0.25) is 0 Å². The minimum atomic E-state index is -0.752. The molecule has 1 aliphatic rings. The number of piperidine rings is 1. The normalized spacial score (nSPS) is 18.6. The molecule has 1 aromatic carbocycles. The van der Waals surface area contributed by atoms with Crippen molar-refractivity contribution >= 4 is 5.69 Å². The number of rotatable bonds is 2. The van der Waals surface area contributed by atoms with E-state index >= 15 is 0 Å². The average molecular weight is 223 g/mol. The van der Waals surface area contributed by atoms with E-state index in [4.69, 9.17) is 0 Å². The maximum Gasteiger partial charge on any atom is 0.131 e. The molecule has 1 aliphatic heterocycles. The van der Waals surface area contributed by atoms with Crippen LogP contribution in [0.25, 0.3) is 0 Å². The molecular formula is C13H18FNO. The molecule has 2 nitrogen and oxygen atoms in total. The van der Waals surface area contributed by atoms with Crippen molar-refractivity contribution in [1.82, 2.24) is 0 Å². The number of halogens is 1. The maximum absolute atomic E-state index is 13.7. The Kier molecular flexibility index (Phi) is 3.44. The molecule has 0 saturated carbocycles. The first-order valence-corrected chi connectivity index (χ1v) is 5.91. The van der Waals surface area contributed by atoms with Crippen LogP contribution >= 0.6 is 0 Å². The highest BCUT2D eigenvalue weighted by molar-refractivity contribution is 5.55. The molecule has 1 saturated heterocycles. The second kappa shape index (κ2) is 4.83. The van der Waals surface area contributed by atoms with Gasteiger partial charge in [-0.15, -0.1) is 0 Å². The zero-order valence-corrected chi connectivity index (χ0v) is 9.62. The van der Waals surface area contributed by atoms with Crippen LogP contribution < -0.4 is 4.90 Å². The molecule has 0 aromatic heterocycles. The molecule has 1 heterocycles. The van der Waals surface area contributed by atoms with Crippen LogP contribution in [-0.4, -0.2) is 18.2 Å². The van der Waals surface area contributed by atoms with E-state index in [-0.39, 0.29) is 5.82 Å². The molecule has 0 aliphatic carbocycles. The van der Waals surface area contributed by atoms with Gasteiger partial charge in [-0.1, -0.05) is 6.07 Å². The Bertz CT molecular complexity index is 359. The third kappa shape index (κ3) is 2.19. The Balaban J connectivity index is 2.34. The zero-order valence-electron chi connectivity index (χ0n) is 9.62. The largest absolute Gasteiger partial charge is 0.389 e. The molecule has 3 heteroatoms. The number of anilines is 1. The fraction of sp³-hybridized carbons (Fsp3) is 0.538. The first-order valence-electron chi connectivity index (χ1n) is 5.91. The Morgan fingerprint density at radius 1 is 1.25 bits per heavy atom.